The maximum absolute atomic E-state index is 13.8. The van der Waals surface area contributed by atoms with Crippen molar-refractivity contribution in [1.82, 2.24) is 0 Å². The number of hydrogen-bond donors (Lipinski definition) is 0. The summed E-state index contributed by atoms with van der Waals surface area (Å²) in [5.74, 6) is -2.31. The number of methoxy groups -OCH3 is 4. The number of carbonyl (C=O) groups excluding carboxylic acids is 4. The van der Waals surface area contributed by atoms with E-state index < -0.39 is 23.1 Å². The van der Waals surface area contributed by atoms with E-state index in [-0.39, 0.29) is 81.5 Å². The molecule has 2 aliphatic rings. The molecule has 2 heterocycles. The van der Waals surface area contributed by atoms with Gasteiger partial charge in [-0.2, -0.15) is 0 Å². The standard InChI is InChI=1S/C34H26O12/c1-39-19-9-5-7-17(11-19)25(35)27(37)23-13-21(31-33(29(23)41-3)45-15-43-31)22-14-24(30(42-4)34-32(22)44-16-46-34)28(38)26(36)18-8-6-10-20(12-18)40-2/h5-14H,15-16H2,1-4H3. The molecular weight excluding hydrogens is 600 g/mol. The van der Waals surface area contributed by atoms with Crippen molar-refractivity contribution >= 4 is 23.1 Å². The third-order valence-corrected chi connectivity index (χ3v) is 7.46. The first kappa shape index (κ1) is 30.0. The molecule has 6 rings (SSSR count). The number of rotatable bonds is 11. The first-order chi connectivity index (χ1) is 22.3. The molecule has 0 saturated heterocycles. The number of carbonyl (C=O) groups is 4. The zero-order chi connectivity index (χ0) is 32.5. The van der Waals surface area contributed by atoms with Crippen LogP contribution in [0.15, 0.2) is 60.7 Å². The van der Waals surface area contributed by atoms with Gasteiger partial charge in [0.25, 0.3) is 0 Å². The van der Waals surface area contributed by atoms with Crippen molar-refractivity contribution < 1.29 is 57.1 Å². The van der Waals surface area contributed by atoms with E-state index in [9.17, 15) is 19.2 Å². The largest absolute Gasteiger partial charge is 0.497 e. The summed E-state index contributed by atoms with van der Waals surface area (Å²) < 4.78 is 44.4. The maximum atomic E-state index is 13.8. The Balaban J connectivity index is 1.52. The van der Waals surface area contributed by atoms with Crippen LogP contribution < -0.4 is 37.9 Å². The lowest BCUT2D eigenvalue weighted by Gasteiger charge is -2.17. The summed E-state index contributed by atoms with van der Waals surface area (Å²) in [5.41, 5.74) is 0.329. The van der Waals surface area contributed by atoms with Gasteiger partial charge in [0.15, 0.2) is 23.0 Å². The molecule has 0 spiro atoms. The van der Waals surface area contributed by atoms with E-state index in [1.165, 1.54) is 64.8 Å². The van der Waals surface area contributed by atoms with Crippen LogP contribution in [0.5, 0.6) is 46.0 Å². The molecule has 0 fully saturated rings. The Morgan fingerprint density at radius 1 is 0.500 bits per heavy atom. The van der Waals surface area contributed by atoms with Gasteiger partial charge in [0.1, 0.15) is 11.5 Å². The van der Waals surface area contributed by atoms with Gasteiger partial charge in [-0.3, -0.25) is 19.2 Å². The predicted octanol–water partition coefficient (Wildman–Crippen LogP) is 4.98. The molecule has 4 aromatic carbocycles. The van der Waals surface area contributed by atoms with Crippen LogP contribution in [0.2, 0.25) is 0 Å². The molecule has 4 aromatic rings. The second kappa shape index (κ2) is 12.2. The highest BCUT2D eigenvalue weighted by Crippen LogP contribution is 2.56. The van der Waals surface area contributed by atoms with E-state index in [1.807, 2.05) is 0 Å². The van der Waals surface area contributed by atoms with Gasteiger partial charge in [0.05, 0.1) is 39.6 Å². The van der Waals surface area contributed by atoms with Crippen molar-refractivity contribution in [2.45, 2.75) is 0 Å². The fourth-order valence-corrected chi connectivity index (χ4v) is 5.27. The van der Waals surface area contributed by atoms with Gasteiger partial charge in [0.2, 0.25) is 48.2 Å². The molecule has 0 radical (unpaired) electrons. The third kappa shape index (κ3) is 4.99. The van der Waals surface area contributed by atoms with E-state index in [2.05, 4.69) is 0 Å². The summed E-state index contributed by atoms with van der Waals surface area (Å²) in [4.78, 5) is 54.4. The van der Waals surface area contributed by atoms with Gasteiger partial charge in [-0.15, -0.1) is 0 Å². The van der Waals surface area contributed by atoms with Gasteiger partial charge in [0, 0.05) is 22.3 Å². The van der Waals surface area contributed by atoms with Gasteiger partial charge >= 0.3 is 0 Å². The van der Waals surface area contributed by atoms with Crippen molar-refractivity contribution in [1.29, 1.82) is 0 Å². The van der Waals surface area contributed by atoms with Crippen LogP contribution in [0.4, 0.5) is 0 Å². The van der Waals surface area contributed by atoms with Crippen molar-refractivity contribution in [2.75, 3.05) is 42.0 Å². The average Bonchev–Trinajstić information content (AvgIpc) is 3.80. The highest BCUT2D eigenvalue weighted by Gasteiger charge is 2.37. The summed E-state index contributed by atoms with van der Waals surface area (Å²) in [6, 6.07) is 15.1. The summed E-state index contributed by atoms with van der Waals surface area (Å²) in [7, 11) is 5.54. The first-order valence-corrected chi connectivity index (χ1v) is 13.8. The molecule has 0 aromatic heterocycles. The van der Waals surface area contributed by atoms with Crippen molar-refractivity contribution in [2.24, 2.45) is 0 Å². The van der Waals surface area contributed by atoms with Crippen LogP contribution in [0.25, 0.3) is 11.1 Å². The highest BCUT2D eigenvalue weighted by molar-refractivity contribution is 6.50. The molecule has 0 unspecified atom stereocenters. The number of ketones is 4. The monoisotopic (exact) mass is 626 g/mol. The predicted molar refractivity (Wildman–Crippen MR) is 161 cm³/mol. The van der Waals surface area contributed by atoms with E-state index in [0.29, 0.717) is 11.5 Å². The Morgan fingerprint density at radius 3 is 1.26 bits per heavy atom. The van der Waals surface area contributed by atoms with Gasteiger partial charge in [-0.25, -0.2) is 0 Å². The normalized spacial score (nSPS) is 12.3. The molecule has 0 bridgehead atoms. The Bertz CT molecular complexity index is 1790. The molecular formula is C34H26O12. The first-order valence-electron chi connectivity index (χ1n) is 13.8. The van der Waals surface area contributed by atoms with E-state index in [4.69, 9.17) is 37.9 Å². The minimum atomic E-state index is -0.906. The molecule has 0 aliphatic carbocycles. The fourth-order valence-electron chi connectivity index (χ4n) is 5.27. The van der Waals surface area contributed by atoms with E-state index in [1.54, 1.807) is 24.3 Å². The number of ether oxygens (including phenoxy) is 8. The lowest BCUT2D eigenvalue weighted by atomic mass is 9.91. The van der Waals surface area contributed by atoms with Crippen LogP contribution in [0.1, 0.15) is 41.4 Å². The van der Waals surface area contributed by atoms with Crippen LogP contribution >= 0.6 is 0 Å². The van der Waals surface area contributed by atoms with E-state index >= 15 is 0 Å². The smallest absolute Gasteiger partial charge is 0.237 e. The zero-order valence-electron chi connectivity index (χ0n) is 25.1. The van der Waals surface area contributed by atoms with Crippen LogP contribution in [-0.4, -0.2) is 65.2 Å². The summed E-state index contributed by atoms with van der Waals surface area (Å²) in [6.45, 7) is -0.452. The maximum Gasteiger partial charge on any atom is 0.237 e. The molecule has 0 saturated carbocycles. The van der Waals surface area contributed by atoms with Gasteiger partial charge < -0.3 is 37.9 Å². The third-order valence-electron chi connectivity index (χ3n) is 7.46. The molecule has 12 heteroatoms. The average molecular weight is 627 g/mol. The topological polar surface area (TPSA) is 142 Å². The molecule has 234 valence electrons. The Morgan fingerprint density at radius 2 is 0.891 bits per heavy atom. The number of benzene rings is 4. The lowest BCUT2D eigenvalue weighted by Crippen LogP contribution is -2.16. The second-order valence-corrected chi connectivity index (χ2v) is 9.92. The number of hydrogen-bond acceptors (Lipinski definition) is 12. The minimum absolute atomic E-state index is 0.0238. The van der Waals surface area contributed by atoms with Crippen LogP contribution in [0, 0.1) is 0 Å². The SMILES string of the molecule is COc1cccc(C(=O)C(=O)c2cc(-c3cc(C(=O)C(=O)c4cccc(OC)c4)c(OC)c4c3OCO4)c3c(c2OC)OCO3)c1. The Labute approximate surface area is 262 Å². The molecule has 0 N–H and O–H groups in total. The highest BCUT2D eigenvalue weighted by atomic mass is 16.7. The number of fused-ring (bicyclic) bond motifs is 2. The molecule has 2 aliphatic heterocycles. The number of Topliss-reactive ketones (excluding diaryl/α,β-unsaturated/α-hetero) is 4. The molecule has 12 nitrogen and oxygen atoms in total. The Hall–Kier alpha value is -6.04. The molecule has 0 amide bonds. The molecule has 46 heavy (non-hydrogen) atoms. The summed E-state index contributed by atoms with van der Waals surface area (Å²) in [6.07, 6.45) is 0. The Kier molecular flexibility index (Phi) is 7.93. The van der Waals surface area contributed by atoms with E-state index in [0.717, 1.165) is 0 Å². The minimum Gasteiger partial charge on any atom is -0.497 e. The van der Waals surface area contributed by atoms with Crippen molar-refractivity contribution in [3.05, 3.63) is 82.9 Å². The van der Waals surface area contributed by atoms with Gasteiger partial charge in [-0.1, -0.05) is 24.3 Å². The van der Waals surface area contributed by atoms with Crippen molar-refractivity contribution in [3.63, 3.8) is 0 Å². The quantitative estimate of drug-likeness (QED) is 0.164. The van der Waals surface area contributed by atoms with Gasteiger partial charge in [-0.05, 0) is 36.4 Å². The van der Waals surface area contributed by atoms with Crippen LogP contribution in [-0.2, 0) is 0 Å². The summed E-state index contributed by atoms with van der Waals surface area (Å²) in [5, 5.41) is 0. The van der Waals surface area contributed by atoms with Crippen molar-refractivity contribution in [3.8, 4) is 57.1 Å². The summed E-state index contributed by atoms with van der Waals surface area (Å²) >= 11 is 0. The fraction of sp³-hybridized carbons (Fsp3) is 0.176. The zero-order valence-corrected chi connectivity index (χ0v) is 25.1. The lowest BCUT2D eigenvalue weighted by molar-refractivity contribution is 0.0814. The molecule has 0 atom stereocenters. The second-order valence-electron chi connectivity index (χ2n) is 9.92. The van der Waals surface area contributed by atoms with Crippen LogP contribution in [0.3, 0.4) is 0 Å².